The predicted octanol–water partition coefficient (Wildman–Crippen LogP) is 3.84. The third kappa shape index (κ3) is 2.87. The van der Waals surface area contributed by atoms with E-state index in [4.69, 9.17) is 26.7 Å². The van der Waals surface area contributed by atoms with E-state index >= 15 is 0 Å². The van der Waals surface area contributed by atoms with Crippen LogP contribution in [-0.2, 0) is 0 Å². The highest BCUT2D eigenvalue weighted by Gasteiger charge is 2.14. The molecule has 1 N–H and O–H groups in total. The van der Waals surface area contributed by atoms with Crippen LogP contribution < -0.4 is 4.74 Å². The molecule has 2 rings (SSSR count). The molecule has 0 radical (unpaired) electrons. The Hall–Kier alpha value is -2.58. The topological polar surface area (TPSA) is 70.3 Å². The molecular weight excluding hydrogens is 285 g/mol. The van der Waals surface area contributed by atoms with Gasteiger partial charge < -0.3 is 9.84 Å². The van der Waals surface area contributed by atoms with Gasteiger partial charge in [-0.25, -0.2) is 9.18 Å². The number of nitriles is 1. The van der Waals surface area contributed by atoms with Gasteiger partial charge in [0.1, 0.15) is 22.9 Å². The Balaban J connectivity index is 2.40. The summed E-state index contributed by atoms with van der Waals surface area (Å²) in [5.41, 5.74) is 0.0327. The van der Waals surface area contributed by atoms with Crippen molar-refractivity contribution in [3.8, 4) is 17.6 Å². The maximum atomic E-state index is 13.0. The number of carboxylic acid groups (broad SMARTS) is 1. The quantitative estimate of drug-likeness (QED) is 0.932. The Morgan fingerprint density at radius 3 is 2.55 bits per heavy atom. The summed E-state index contributed by atoms with van der Waals surface area (Å²) in [6.07, 6.45) is 0. The van der Waals surface area contributed by atoms with Gasteiger partial charge >= 0.3 is 5.97 Å². The summed E-state index contributed by atoms with van der Waals surface area (Å²) in [5, 5.41) is 17.9. The number of nitrogens with zero attached hydrogens (tertiary/aromatic N) is 1. The van der Waals surface area contributed by atoms with Gasteiger partial charge in [-0.05, 0) is 36.4 Å². The molecule has 0 aliphatic carbocycles. The summed E-state index contributed by atoms with van der Waals surface area (Å²) in [4.78, 5) is 11.0. The number of halogens is 2. The highest BCUT2D eigenvalue weighted by Crippen LogP contribution is 2.32. The summed E-state index contributed by atoms with van der Waals surface area (Å²) < 4.78 is 18.4. The third-order valence-electron chi connectivity index (χ3n) is 2.45. The smallest absolute Gasteiger partial charge is 0.339 e. The summed E-state index contributed by atoms with van der Waals surface area (Å²) in [7, 11) is 0. The van der Waals surface area contributed by atoms with Crippen molar-refractivity contribution in [2.75, 3.05) is 0 Å². The van der Waals surface area contributed by atoms with E-state index in [9.17, 15) is 9.18 Å². The van der Waals surface area contributed by atoms with Crippen LogP contribution in [0.1, 0.15) is 15.9 Å². The Morgan fingerprint density at radius 1 is 1.25 bits per heavy atom. The minimum Gasteiger partial charge on any atom is -0.478 e. The lowest BCUT2D eigenvalue weighted by Gasteiger charge is -2.10. The predicted molar refractivity (Wildman–Crippen MR) is 69.6 cm³/mol. The Bertz CT molecular complexity index is 725. The molecule has 0 atom stereocenters. The van der Waals surface area contributed by atoms with Crippen LogP contribution in [0.4, 0.5) is 4.39 Å². The molecule has 0 spiro atoms. The van der Waals surface area contributed by atoms with Gasteiger partial charge in [-0.2, -0.15) is 5.26 Å². The second-order valence-corrected chi connectivity index (χ2v) is 4.21. The molecule has 20 heavy (non-hydrogen) atoms. The number of rotatable bonds is 3. The summed E-state index contributed by atoms with van der Waals surface area (Å²) in [5.74, 6) is -1.85. The lowest BCUT2D eigenvalue weighted by Crippen LogP contribution is -2.01. The maximum Gasteiger partial charge on any atom is 0.339 e. The van der Waals surface area contributed by atoms with Crippen molar-refractivity contribution in [2.24, 2.45) is 0 Å². The zero-order valence-electron chi connectivity index (χ0n) is 9.93. The van der Waals surface area contributed by atoms with Crippen molar-refractivity contribution < 1.29 is 19.0 Å². The number of carbonyl (C=O) groups is 1. The van der Waals surface area contributed by atoms with E-state index < -0.39 is 11.8 Å². The molecule has 0 saturated carbocycles. The monoisotopic (exact) mass is 291 g/mol. The van der Waals surface area contributed by atoms with Gasteiger partial charge in [-0.1, -0.05) is 11.6 Å². The fraction of sp³-hybridized carbons (Fsp3) is 0. The van der Waals surface area contributed by atoms with Crippen LogP contribution in [0.3, 0.4) is 0 Å². The average molecular weight is 292 g/mol. The number of carboxylic acids is 1. The van der Waals surface area contributed by atoms with Gasteiger partial charge in [0, 0.05) is 0 Å². The SMILES string of the molecule is N#Cc1ccc(Oc2ccc(F)cc2C(=O)O)c(Cl)c1. The van der Waals surface area contributed by atoms with Crippen LogP contribution in [0.2, 0.25) is 5.02 Å². The van der Waals surface area contributed by atoms with E-state index in [1.54, 1.807) is 0 Å². The molecule has 0 aliphatic rings. The number of hydrogen-bond donors (Lipinski definition) is 1. The largest absolute Gasteiger partial charge is 0.478 e. The van der Waals surface area contributed by atoms with Gasteiger partial charge in [0.25, 0.3) is 0 Å². The number of ether oxygens (including phenoxy) is 1. The molecule has 2 aromatic rings. The highest BCUT2D eigenvalue weighted by atomic mass is 35.5. The first kappa shape index (κ1) is 13.8. The fourth-order valence-corrected chi connectivity index (χ4v) is 1.75. The molecule has 0 fully saturated rings. The first-order valence-corrected chi connectivity index (χ1v) is 5.79. The first-order valence-electron chi connectivity index (χ1n) is 5.41. The van der Waals surface area contributed by atoms with Crippen LogP contribution in [-0.4, -0.2) is 11.1 Å². The van der Waals surface area contributed by atoms with Gasteiger partial charge in [0.15, 0.2) is 0 Å². The van der Waals surface area contributed by atoms with Crippen LogP contribution in [0, 0.1) is 17.1 Å². The van der Waals surface area contributed by atoms with Crippen molar-refractivity contribution in [1.29, 1.82) is 5.26 Å². The first-order chi connectivity index (χ1) is 9.51. The van der Waals surface area contributed by atoms with Crippen LogP contribution >= 0.6 is 11.6 Å². The van der Waals surface area contributed by atoms with Crippen LogP contribution in [0.15, 0.2) is 36.4 Å². The van der Waals surface area contributed by atoms with E-state index in [1.807, 2.05) is 6.07 Å². The maximum absolute atomic E-state index is 13.0. The van der Waals surface area contributed by atoms with Crippen molar-refractivity contribution in [3.63, 3.8) is 0 Å². The molecule has 0 bridgehead atoms. The summed E-state index contributed by atoms with van der Waals surface area (Å²) >= 11 is 5.92. The Labute approximate surface area is 118 Å². The second-order valence-electron chi connectivity index (χ2n) is 3.80. The molecule has 6 heteroatoms. The van der Waals surface area contributed by atoms with Gasteiger partial charge in [0.2, 0.25) is 0 Å². The van der Waals surface area contributed by atoms with Gasteiger partial charge in [-0.15, -0.1) is 0 Å². The van der Waals surface area contributed by atoms with E-state index in [1.165, 1.54) is 24.3 Å². The molecular formula is C14H7ClFNO3. The Kier molecular flexibility index (Phi) is 3.87. The van der Waals surface area contributed by atoms with Crippen molar-refractivity contribution >= 4 is 17.6 Å². The van der Waals surface area contributed by atoms with Crippen molar-refractivity contribution in [1.82, 2.24) is 0 Å². The lowest BCUT2D eigenvalue weighted by atomic mass is 10.2. The van der Waals surface area contributed by atoms with Gasteiger partial charge in [-0.3, -0.25) is 0 Å². The molecule has 2 aromatic carbocycles. The fourth-order valence-electron chi connectivity index (χ4n) is 1.53. The number of benzene rings is 2. The molecule has 100 valence electrons. The average Bonchev–Trinajstić information content (AvgIpc) is 2.42. The van der Waals surface area contributed by atoms with E-state index in [0.717, 1.165) is 12.1 Å². The zero-order valence-corrected chi connectivity index (χ0v) is 10.7. The summed E-state index contributed by atoms with van der Waals surface area (Å²) in [6, 6.07) is 9.36. The third-order valence-corrected chi connectivity index (χ3v) is 2.75. The molecule has 0 saturated heterocycles. The minimum atomic E-state index is -1.32. The number of aromatic carboxylic acids is 1. The molecule has 0 amide bonds. The Morgan fingerprint density at radius 2 is 1.95 bits per heavy atom. The van der Waals surface area contributed by atoms with Gasteiger partial charge in [0.05, 0.1) is 16.7 Å². The molecule has 0 aliphatic heterocycles. The minimum absolute atomic E-state index is 0.0366. The van der Waals surface area contributed by atoms with Crippen LogP contribution in [0.5, 0.6) is 11.5 Å². The zero-order chi connectivity index (χ0) is 14.7. The molecule has 0 unspecified atom stereocenters. The molecule has 0 heterocycles. The lowest BCUT2D eigenvalue weighted by molar-refractivity contribution is 0.0693. The standard InChI is InChI=1S/C14H7ClFNO3/c15-11-5-8(7-17)1-3-13(11)20-12-4-2-9(16)6-10(12)14(18)19/h1-6H,(H,18,19). The van der Waals surface area contributed by atoms with E-state index in [2.05, 4.69) is 0 Å². The van der Waals surface area contributed by atoms with E-state index in [0.29, 0.717) is 5.56 Å². The molecule has 4 nitrogen and oxygen atoms in total. The molecule has 0 aromatic heterocycles. The van der Waals surface area contributed by atoms with Crippen LogP contribution in [0.25, 0.3) is 0 Å². The number of hydrogen-bond acceptors (Lipinski definition) is 3. The van der Waals surface area contributed by atoms with E-state index in [-0.39, 0.29) is 22.1 Å². The highest BCUT2D eigenvalue weighted by molar-refractivity contribution is 6.32. The summed E-state index contributed by atoms with van der Waals surface area (Å²) in [6.45, 7) is 0. The van der Waals surface area contributed by atoms with Crippen molar-refractivity contribution in [2.45, 2.75) is 0 Å². The normalized spacial score (nSPS) is 9.85. The second kappa shape index (κ2) is 5.59. The van der Waals surface area contributed by atoms with Crippen molar-refractivity contribution in [3.05, 3.63) is 58.4 Å².